The van der Waals surface area contributed by atoms with E-state index >= 15 is 0 Å². The van der Waals surface area contributed by atoms with Crippen molar-refractivity contribution in [2.75, 3.05) is 44.3 Å². The highest BCUT2D eigenvalue weighted by atomic mass is 19.4. The van der Waals surface area contributed by atoms with Crippen LogP contribution < -0.4 is 4.90 Å². The highest BCUT2D eigenvalue weighted by Crippen LogP contribution is 2.28. The Morgan fingerprint density at radius 3 is 2.40 bits per heavy atom. The van der Waals surface area contributed by atoms with Crippen molar-refractivity contribution in [3.8, 4) is 0 Å². The smallest absolute Gasteiger partial charge is 0.391 e. The molecule has 1 aromatic rings. The van der Waals surface area contributed by atoms with Crippen LogP contribution in [0.3, 0.4) is 0 Å². The first-order valence-electron chi connectivity index (χ1n) is 7.95. The van der Waals surface area contributed by atoms with Crippen molar-refractivity contribution in [2.45, 2.75) is 25.6 Å². The number of carbonyl (C=O) groups excluding carboxylic acids is 1. The monoisotopic (exact) mass is 362 g/mol. The lowest BCUT2D eigenvalue weighted by Gasteiger charge is -2.34. The summed E-state index contributed by atoms with van der Waals surface area (Å²) in [7, 11) is 0. The van der Waals surface area contributed by atoms with E-state index in [1.54, 1.807) is 16.7 Å². The van der Waals surface area contributed by atoms with Crippen LogP contribution >= 0.6 is 0 Å². The van der Waals surface area contributed by atoms with Gasteiger partial charge in [-0.2, -0.15) is 13.2 Å². The number of nitrogens with zero attached hydrogens (tertiary/aromatic N) is 4. The zero-order chi connectivity index (χ0) is 18.4. The Kier molecular flexibility index (Phi) is 6.54. The van der Waals surface area contributed by atoms with Crippen LogP contribution in [0.25, 0.3) is 0 Å². The number of hydrogen-bond acceptors (Lipinski definition) is 6. The van der Waals surface area contributed by atoms with Crippen LogP contribution in [-0.4, -0.2) is 71.4 Å². The van der Waals surface area contributed by atoms with E-state index in [0.29, 0.717) is 26.2 Å². The maximum Gasteiger partial charge on any atom is 0.419 e. The fourth-order valence-corrected chi connectivity index (χ4v) is 2.36. The molecular formula is C15H21F3N4O3. The Labute approximate surface area is 143 Å². The molecule has 1 N–H and O–H groups in total. The summed E-state index contributed by atoms with van der Waals surface area (Å²) < 4.78 is 42.7. The van der Waals surface area contributed by atoms with Crippen LogP contribution in [0.15, 0.2) is 12.4 Å². The summed E-state index contributed by atoms with van der Waals surface area (Å²) in [6, 6.07) is 0. The number of ether oxygens (including phenoxy) is 1. The van der Waals surface area contributed by atoms with Gasteiger partial charge in [-0.25, -0.2) is 9.97 Å². The number of carbonyl (C=O) groups is 1. The van der Waals surface area contributed by atoms with Crippen LogP contribution in [0, 0.1) is 0 Å². The molecule has 1 amide bonds. The fraction of sp³-hybridized carbons (Fsp3) is 0.667. The maximum absolute atomic E-state index is 12.5. The molecule has 0 aliphatic carbocycles. The van der Waals surface area contributed by atoms with Gasteiger partial charge >= 0.3 is 6.18 Å². The Morgan fingerprint density at radius 1 is 1.28 bits per heavy atom. The number of rotatable bonds is 6. The topological polar surface area (TPSA) is 78.8 Å². The van der Waals surface area contributed by atoms with Gasteiger partial charge < -0.3 is 19.6 Å². The van der Waals surface area contributed by atoms with E-state index in [9.17, 15) is 18.0 Å². The molecule has 10 heteroatoms. The van der Waals surface area contributed by atoms with Crippen LogP contribution in [0.4, 0.5) is 19.1 Å². The molecule has 25 heavy (non-hydrogen) atoms. The molecule has 1 unspecified atom stereocenters. The molecule has 1 fully saturated rings. The standard InChI is InChI=1S/C15H21F3N4O3/c1-11(23)10-25-7-2-13(24)21-3-5-22(6-4-21)14-19-8-12(9-20-14)15(16,17)18/h8-9,11,23H,2-7,10H2,1H3. The van der Waals surface area contributed by atoms with Crippen molar-refractivity contribution >= 4 is 11.9 Å². The van der Waals surface area contributed by atoms with Crippen molar-refractivity contribution in [3.63, 3.8) is 0 Å². The van der Waals surface area contributed by atoms with Gasteiger partial charge in [0.2, 0.25) is 11.9 Å². The summed E-state index contributed by atoms with van der Waals surface area (Å²) in [5.74, 6) is 0.166. The SMILES string of the molecule is CC(O)COCCC(=O)N1CCN(c2ncc(C(F)(F)F)cn2)CC1. The first-order valence-corrected chi connectivity index (χ1v) is 7.95. The molecule has 1 aliphatic heterocycles. The van der Waals surface area contributed by atoms with Crippen LogP contribution in [0.5, 0.6) is 0 Å². The first-order chi connectivity index (χ1) is 11.8. The second-order valence-corrected chi connectivity index (χ2v) is 5.81. The molecule has 1 atom stereocenters. The minimum Gasteiger partial charge on any atom is -0.391 e. The molecule has 2 heterocycles. The second-order valence-electron chi connectivity index (χ2n) is 5.81. The molecular weight excluding hydrogens is 341 g/mol. The Hall–Kier alpha value is -1.94. The van der Waals surface area contributed by atoms with Gasteiger partial charge in [-0.1, -0.05) is 0 Å². The van der Waals surface area contributed by atoms with Crippen molar-refractivity contribution in [2.24, 2.45) is 0 Å². The number of halogens is 3. The molecule has 1 aliphatic rings. The predicted octanol–water partition coefficient (Wildman–Crippen LogP) is 0.931. The fourth-order valence-electron chi connectivity index (χ4n) is 2.36. The number of piperazine rings is 1. The van der Waals surface area contributed by atoms with Crippen molar-refractivity contribution in [1.82, 2.24) is 14.9 Å². The zero-order valence-corrected chi connectivity index (χ0v) is 13.9. The third-order valence-corrected chi connectivity index (χ3v) is 3.70. The summed E-state index contributed by atoms with van der Waals surface area (Å²) >= 11 is 0. The molecule has 0 saturated carbocycles. The predicted molar refractivity (Wildman–Crippen MR) is 82.9 cm³/mol. The van der Waals surface area contributed by atoms with Crippen molar-refractivity contribution < 1.29 is 27.8 Å². The number of amides is 1. The molecule has 1 saturated heterocycles. The van der Waals surface area contributed by atoms with Gasteiger partial charge in [0.1, 0.15) is 0 Å². The molecule has 0 spiro atoms. The molecule has 0 bridgehead atoms. The molecule has 140 valence electrons. The lowest BCUT2D eigenvalue weighted by Crippen LogP contribution is -2.49. The van der Waals surface area contributed by atoms with E-state index in [2.05, 4.69) is 9.97 Å². The van der Waals surface area contributed by atoms with Gasteiger partial charge in [0.25, 0.3) is 0 Å². The van der Waals surface area contributed by atoms with Crippen LogP contribution in [-0.2, 0) is 15.7 Å². The largest absolute Gasteiger partial charge is 0.419 e. The van der Waals surface area contributed by atoms with Gasteiger partial charge in [-0.3, -0.25) is 4.79 Å². The molecule has 0 aromatic carbocycles. The third-order valence-electron chi connectivity index (χ3n) is 3.70. The normalized spacial score (nSPS) is 16.8. The first kappa shape index (κ1) is 19.4. The number of anilines is 1. The Bertz CT molecular complexity index is 558. The summed E-state index contributed by atoms with van der Waals surface area (Å²) in [6.07, 6.45) is -3.27. The van der Waals surface area contributed by atoms with E-state index < -0.39 is 17.8 Å². The number of hydrogen-bond donors (Lipinski definition) is 1. The number of aliphatic hydroxyl groups is 1. The minimum atomic E-state index is -4.46. The molecule has 7 nitrogen and oxygen atoms in total. The average Bonchev–Trinajstić information content (AvgIpc) is 2.58. The quantitative estimate of drug-likeness (QED) is 0.759. The third kappa shape index (κ3) is 5.82. The highest BCUT2D eigenvalue weighted by molar-refractivity contribution is 5.76. The minimum absolute atomic E-state index is 0.0569. The number of aromatic nitrogens is 2. The summed E-state index contributed by atoms with van der Waals surface area (Å²) in [5, 5.41) is 9.07. The van der Waals surface area contributed by atoms with Gasteiger partial charge in [-0.15, -0.1) is 0 Å². The second kappa shape index (κ2) is 8.43. The summed E-state index contributed by atoms with van der Waals surface area (Å²) in [6.45, 7) is 3.82. The summed E-state index contributed by atoms with van der Waals surface area (Å²) in [4.78, 5) is 23.0. The van der Waals surface area contributed by atoms with E-state index in [0.717, 1.165) is 12.4 Å². The van der Waals surface area contributed by atoms with Gasteiger partial charge in [0.05, 0.1) is 31.3 Å². The lowest BCUT2D eigenvalue weighted by atomic mass is 10.3. The summed E-state index contributed by atoms with van der Waals surface area (Å²) in [5.41, 5.74) is -0.887. The lowest BCUT2D eigenvalue weighted by molar-refractivity contribution is -0.138. The van der Waals surface area contributed by atoms with E-state index in [1.807, 2.05) is 0 Å². The van der Waals surface area contributed by atoms with Crippen LogP contribution in [0.1, 0.15) is 18.9 Å². The Morgan fingerprint density at radius 2 is 1.88 bits per heavy atom. The van der Waals surface area contributed by atoms with Gasteiger partial charge in [0.15, 0.2) is 0 Å². The van der Waals surface area contributed by atoms with Crippen LogP contribution in [0.2, 0.25) is 0 Å². The number of alkyl halides is 3. The zero-order valence-electron chi connectivity index (χ0n) is 13.9. The van der Waals surface area contributed by atoms with E-state index in [-0.39, 0.29) is 31.5 Å². The van der Waals surface area contributed by atoms with Gasteiger partial charge in [-0.05, 0) is 6.92 Å². The average molecular weight is 362 g/mol. The number of aliphatic hydroxyl groups excluding tert-OH is 1. The maximum atomic E-state index is 12.5. The highest BCUT2D eigenvalue weighted by Gasteiger charge is 2.32. The molecule has 2 rings (SSSR count). The van der Waals surface area contributed by atoms with Crippen molar-refractivity contribution in [3.05, 3.63) is 18.0 Å². The van der Waals surface area contributed by atoms with Crippen molar-refractivity contribution in [1.29, 1.82) is 0 Å². The molecule has 0 radical (unpaired) electrons. The Balaban J connectivity index is 1.78. The molecule has 1 aromatic heterocycles. The van der Waals surface area contributed by atoms with Gasteiger partial charge in [0, 0.05) is 38.6 Å². The van der Waals surface area contributed by atoms with E-state index in [4.69, 9.17) is 9.84 Å². The van der Waals surface area contributed by atoms with E-state index in [1.165, 1.54) is 0 Å².